The van der Waals surface area contributed by atoms with Gasteiger partial charge in [-0.2, -0.15) is 0 Å². The van der Waals surface area contributed by atoms with E-state index in [1.54, 1.807) is 48.2 Å². The van der Waals surface area contributed by atoms with Crippen molar-refractivity contribution in [2.75, 3.05) is 11.1 Å². The van der Waals surface area contributed by atoms with E-state index in [1.807, 2.05) is 43.3 Å². The highest BCUT2D eigenvalue weighted by Gasteiger charge is 2.19. The summed E-state index contributed by atoms with van der Waals surface area (Å²) in [6.45, 7) is 2.96. The van der Waals surface area contributed by atoms with Crippen LogP contribution in [0.5, 0.6) is 0 Å². The molecule has 0 aliphatic carbocycles. The Morgan fingerprint density at radius 1 is 0.938 bits per heavy atom. The Kier molecular flexibility index (Phi) is 5.37. The van der Waals surface area contributed by atoms with Gasteiger partial charge in [0.25, 0.3) is 5.91 Å². The average molecular weight is 440 g/mol. The number of aryl methyl sites for hydroxylation is 2. The maximum Gasteiger partial charge on any atom is 0.256 e. The minimum Gasteiger partial charge on any atom is -0.325 e. The minimum absolute atomic E-state index is 0.170. The van der Waals surface area contributed by atoms with Gasteiger partial charge in [0, 0.05) is 40.9 Å². The lowest BCUT2D eigenvalue weighted by Crippen LogP contribution is -2.17. The summed E-state index contributed by atoms with van der Waals surface area (Å²) in [7, 11) is 0. The Morgan fingerprint density at radius 3 is 2.38 bits per heavy atom. The summed E-state index contributed by atoms with van der Waals surface area (Å²) >= 11 is 1.76. The molecule has 0 bridgehead atoms. The molecule has 1 aliphatic heterocycles. The topological polar surface area (TPSA) is 64.0 Å². The predicted octanol–water partition coefficient (Wildman–Crippen LogP) is 5.45. The smallest absolute Gasteiger partial charge is 0.256 e. The van der Waals surface area contributed by atoms with Gasteiger partial charge in [0.2, 0.25) is 0 Å². The summed E-state index contributed by atoms with van der Waals surface area (Å²) in [6, 6.07) is 21.9. The number of hydrogen-bond acceptors (Lipinski definition) is 4. The molecule has 32 heavy (non-hydrogen) atoms. The summed E-state index contributed by atoms with van der Waals surface area (Å²) in [4.78, 5) is 30.7. The van der Waals surface area contributed by atoms with E-state index in [1.165, 1.54) is 0 Å². The van der Waals surface area contributed by atoms with E-state index in [0.717, 1.165) is 34.3 Å². The Bertz CT molecular complexity index is 1290. The number of ketones is 1. The fourth-order valence-electron chi connectivity index (χ4n) is 3.71. The zero-order valence-corrected chi connectivity index (χ0v) is 18.4. The summed E-state index contributed by atoms with van der Waals surface area (Å²) in [6.07, 6.45) is 2.07. The largest absolute Gasteiger partial charge is 0.325 e. The van der Waals surface area contributed by atoms with Crippen LogP contribution in [0.2, 0.25) is 0 Å². The summed E-state index contributed by atoms with van der Waals surface area (Å²) in [5.41, 5.74) is 4.97. The van der Waals surface area contributed by atoms with Crippen LogP contribution in [0.3, 0.4) is 0 Å². The normalized spacial score (nSPS) is 12.4. The molecule has 1 aliphatic rings. The van der Waals surface area contributed by atoms with Crippen molar-refractivity contribution in [1.29, 1.82) is 0 Å². The van der Waals surface area contributed by atoms with Crippen LogP contribution in [0.4, 0.5) is 5.69 Å². The van der Waals surface area contributed by atoms with Crippen LogP contribution in [0, 0.1) is 6.92 Å². The lowest BCUT2D eigenvalue weighted by molar-refractivity contribution is 0.0996. The molecular weight excluding hydrogens is 418 g/mol. The van der Waals surface area contributed by atoms with Crippen LogP contribution >= 0.6 is 11.8 Å². The highest BCUT2D eigenvalue weighted by molar-refractivity contribution is 7.99. The van der Waals surface area contributed by atoms with Gasteiger partial charge >= 0.3 is 0 Å². The van der Waals surface area contributed by atoms with Crippen molar-refractivity contribution in [2.24, 2.45) is 0 Å². The minimum atomic E-state index is -0.314. The second-order valence-corrected chi connectivity index (χ2v) is 8.78. The van der Waals surface area contributed by atoms with Crippen LogP contribution < -0.4 is 5.32 Å². The summed E-state index contributed by atoms with van der Waals surface area (Å²) in [5.74, 6) is 0.588. The molecule has 1 amide bonds. The van der Waals surface area contributed by atoms with Gasteiger partial charge < -0.3 is 9.88 Å². The Morgan fingerprint density at radius 2 is 1.66 bits per heavy atom. The SMILES string of the molecule is Cc1ccc(C(=O)c2ccccc2C(=O)Nc2ccc(-c3cn4c(n3)SCC4)cc2)cc1. The van der Waals surface area contributed by atoms with Crippen molar-refractivity contribution in [3.05, 3.63) is 101 Å². The fraction of sp³-hybridized carbons (Fsp3) is 0.115. The first kappa shape index (κ1) is 20.3. The average Bonchev–Trinajstić information content (AvgIpc) is 3.42. The highest BCUT2D eigenvalue weighted by atomic mass is 32.2. The monoisotopic (exact) mass is 439 g/mol. The van der Waals surface area contributed by atoms with E-state index in [4.69, 9.17) is 0 Å². The lowest BCUT2D eigenvalue weighted by Gasteiger charge is -2.10. The Balaban J connectivity index is 1.35. The molecular formula is C26H21N3O2S. The molecule has 5 nitrogen and oxygen atoms in total. The van der Waals surface area contributed by atoms with Gasteiger partial charge in [-0.05, 0) is 25.1 Å². The van der Waals surface area contributed by atoms with Gasteiger partial charge in [0.15, 0.2) is 10.9 Å². The summed E-state index contributed by atoms with van der Waals surface area (Å²) < 4.78 is 2.16. The number of anilines is 1. The number of benzene rings is 3. The third-order valence-electron chi connectivity index (χ3n) is 5.47. The molecule has 2 heterocycles. The first-order valence-electron chi connectivity index (χ1n) is 10.4. The molecule has 0 radical (unpaired) electrons. The molecule has 0 spiro atoms. The standard InChI is InChI=1S/C26H21N3O2S/c1-17-6-8-19(9-7-17)24(30)21-4-2-3-5-22(21)25(31)27-20-12-10-18(11-13-20)23-16-29-14-15-32-26(29)28-23/h2-13,16H,14-15H2,1H3,(H,27,31). The molecule has 5 rings (SSSR count). The lowest BCUT2D eigenvalue weighted by atomic mass is 9.97. The number of hydrogen-bond donors (Lipinski definition) is 1. The van der Waals surface area contributed by atoms with E-state index in [2.05, 4.69) is 21.1 Å². The van der Waals surface area contributed by atoms with E-state index in [9.17, 15) is 9.59 Å². The van der Waals surface area contributed by atoms with Crippen molar-refractivity contribution < 1.29 is 9.59 Å². The van der Waals surface area contributed by atoms with Crippen molar-refractivity contribution in [2.45, 2.75) is 18.6 Å². The van der Waals surface area contributed by atoms with Crippen molar-refractivity contribution in [3.8, 4) is 11.3 Å². The molecule has 3 aromatic carbocycles. The summed E-state index contributed by atoms with van der Waals surface area (Å²) in [5, 5.41) is 3.96. The third-order valence-corrected chi connectivity index (χ3v) is 6.44. The molecule has 4 aromatic rings. The first-order valence-corrected chi connectivity index (χ1v) is 11.4. The van der Waals surface area contributed by atoms with Gasteiger partial charge in [-0.15, -0.1) is 0 Å². The van der Waals surface area contributed by atoms with E-state index < -0.39 is 0 Å². The second-order valence-electron chi connectivity index (χ2n) is 7.72. The third kappa shape index (κ3) is 3.97. The van der Waals surface area contributed by atoms with Gasteiger partial charge in [-0.1, -0.05) is 71.9 Å². The van der Waals surface area contributed by atoms with Crippen LogP contribution in [0.1, 0.15) is 31.8 Å². The number of carbonyl (C=O) groups is 2. The molecule has 0 atom stereocenters. The van der Waals surface area contributed by atoms with Crippen LogP contribution in [-0.2, 0) is 6.54 Å². The second kappa shape index (κ2) is 8.48. The zero-order chi connectivity index (χ0) is 22.1. The Hall–Kier alpha value is -3.64. The fourth-order valence-corrected chi connectivity index (χ4v) is 4.65. The van der Waals surface area contributed by atoms with Crippen molar-refractivity contribution >= 4 is 29.1 Å². The molecule has 0 saturated heterocycles. The number of aromatic nitrogens is 2. The number of fused-ring (bicyclic) bond motifs is 1. The van der Waals surface area contributed by atoms with Gasteiger partial charge in [-0.3, -0.25) is 9.59 Å². The molecule has 0 fully saturated rings. The molecule has 1 N–H and O–H groups in total. The van der Waals surface area contributed by atoms with Gasteiger partial charge in [-0.25, -0.2) is 4.98 Å². The predicted molar refractivity (Wildman–Crippen MR) is 127 cm³/mol. The number of thioether (sulfide) groups is 1. The number of nitrogens with zero attached hydrogens (tertiary/aromatic N) is 2. The molecule has 0 unspecified atom stereocenters. The number of rotatable bonds is 5. The van der Waals surface area contributed by atoms with Crippen molar-refractivity contribution in [1.82, 2.24) is 9.55 Å². The molecule has 158 valence electrons. The van der Waals surface area contributed by atoms with Crippen molar-refractivity contribution in [3.63, 3.8) is 0 Å². The number of imidazole rings is 1. The van der Waals surface area contributed by atoms with E-state index >= 15 is 0 Å². The molecule has 6 heteroatoms. The van der Waals surface area contributed by atoms with Crippen LogP contribution in [0.15, 0.2) is 84.1 Å². The quantitative estimate of drug-likeness (QED) is 0.420. The van der Waals surface area contributed by atoms with Crippen LogP contribution in [-0.4, -0.2) is 27.0 Å². The highest BCUT2D eigenvalue weighted by Crippen LogP contribution is 2.29. The number of amides is 1. The Labute approximate surface area is 190 Å². The van der Waals surface area contributed by atoms with Gasteiger partial charge in [0.1, 0.15) is 0 Å². The molecule has 0 saturated carbocycles. The zero-order valence-electron chi connectivity index (χ0n) is 17.5. The van der Waals surface area contributed by atoms with E-state index in [-0.39, 0.29) is 11.7 Å². The first-order chi connectivity index (χ1) is 15.6. The van der Waals surface area contributed by atoms with Gasteiger partial charge in [0.05, 0.1) is 11.3 Å². The van der Waals surface area contributed by atoms with E-state index in [0.29, 0.717) is 22.4 Å². The van der Waals surface area contributed by atoms with Crippen LogP contribution in [0.25, 0.3) is 11.3 Å². The number of nitrogens with one attached hydrogen (secondary N) is 1. The maximum absolute atomic E-state index is 13.0. The maximum atomic E-state index is 13.0. The number of carbonyl (C=O) groups excluding carboxylic acids is 2. The molecule has 1 aromatic heterocycles.